The molecule has 6 heteroatoms. The summed E-state index contributed by atoms with van der Waals surface area (Å²) in [6, 6.07) is 11.7. The van der Waals surface area contributed by atoms with Crippen LogP contribution >= 0.6 is 11.6 Å². The van der Waals surface area contributed by atoms with E-state index in [0.717, 1.165) is 18.4 Å². The molecule has 1 amide bonds. The van der Waals surface area contributed by atoms with Crippen molar-refractivity contribution < 1.29 is 14.4 Å². The number of aromatic nitrogens is 1. The van der Waals surface area contributed by atoms with Crippen LogP contribution in [-0.2, 0) is 17.6 Å². The molecule has 0 aliphatic carbocycles. The lowest BCUT2D eigenvalue weighted by atomic mass is 9.88. The summed E-state index contributed by atoms with van der Waals surface area (Å²) in [4.78, 5) is 14.2. The molecule has 0 unspecified atom stereocenters. The van der Waals surface area contributed by atoms with Crippen LogP contribution in [-0.4, -0.2) is 40.3 Å². The summed E-state index contributed by atoms with van der Waals surface area (Å²) >= 11 is 5.70. The van der Waals surface area contributed by atoms with E-state index in [1.807, 2.05) is 35.2 Å². The van der Waals surface area contributed by atoms with E-state index in [-0.39, 0.29) is 17.9 Å². The van der Waals surface area contributed by atoms with Gasteiger partial charge in [-0.25, -0.2) is 0 Å². The Kier molecular flexibility index (Phi) is 6.10. The Hall–Kier alpha value is -1.85. The van der Waals surface area contributed by atoms with Gasteiger partial charge in [0.25, 0.3) is 0 Å². The largest absolute Gasteiger partial charge is 0.392 e. The van der Waals surface area contributed by atoms with Crippen molar-refractivity contribution in [1.29, 1.82) is 0 Å². The van der Waals surface area contributed by atoms with E-state index in [1.54, 1.807) is 6.07 Å². The number of amides is 1. The van der Waals surface area contributed by atoms with Crippen LogP contribution in [0.3, 0.4) is 0 Å². The monoisotopic (exact) mass is 362 g/mol. The number of rotatable bonds is 6. The zero-order valence-corrected chi connectivity index (χ0v) is 14.9. The summed E-state index contributed by atoms with van der Waals surface area (Å²) < 4.78 is 5.02. The Morgan fingerprint density at radius 3 is 2.68 bits per heavy atom. The second kappa shape index (κ2) is 8.50. The highest BCUT2D eigenvalue weighted by atomic mass is 35.5. The van der Waals surface area contributed by atoms with Crippen molar-refractivity contribution in [3.05, 3.63) is 52.9 Å². The van der Waals surface area contributed by atoms with Crippen LogP contribution in [0, 0.1) is 5.92 Å². The first-order chi connectivity index (χ1) is 12.1. The Morgan fingerprint density at radius 2 is 2.04 bits per heavy atom. The normalized spacial score (nSPS) is 16.8. The molecular weight excluding hydrogens is 340 g/mol. The molecule has 25 heavy (non-hydrogen) atoms. The molecule has 1 aliphatic rings. The van der Waals surface area contributed by atoms with Gasteiger partial charge in [-0.1, -0.05) is 47.1 Å². The maximum atomic E-state index is 12.3. The molecular formula is C19H23ClN2O3. The van der Waals surface area contributed by atoms with Gasteiger partial charge in [-0.2, -0.15) is 0 Å². The molecule has 1 fully saturated rings. The van der Waals surface area contributed by atoms with Gasteiger partial charge in [0.05, 0.1) is 6.10 Å². The minimum atomic E-state index is -0.351. The number of aliphatic hydroxyl groups excluding tert-OH is 1. The molecule has 1 aromatic heterocycles. The molecule has 1 aliphatic heterocycles. The summed E-state index contributed by atoms with van der Waals surface area (Å²) in [6.45, 7) is 1.40. The van der Waals surface area contributed by atoms with Crippen molar-refractivity contribution in [3.8, 4) is 0 Å². The van der Waals surface area contributed by atoms with Gasteiger partial charge in [0.2, 0.25) is 5.91 Å². The number of aryl methyl sites for hydroxylation is 1. The van der Waals surface area contributed by atoms with Gasteiger partial charge in [-0.15, -0.1) is 0 Å². The van der Waals surface area contributed by atoms with Crippen molar-refractivity contribution in [2.75, 3.05) is 13.1 Å². The molecule has 3 rings (SSSR count). The minimum absolute atomic E-state index is 0.114. The van der Waals surface area contributed by atoms with Crippen molar-refractivity contribution in [2.45, 2.75) is 38.2 Å². The Morgan fingerprint density at radius 1 is 1.32 bits per heavy atom. The molecule has 134 valence electrons. The van der Waals surface area contributed by atoms with Crippen molar-refractivity contribution >= 4 is 17.5 Å². The van der Waals surface area contributed by atoms with Gasteiger partial charge < -0.3 is 14.5 Å². The van der Waals surface area contributed by atoms with E-state index in [1.165, 1.54) is 0 Å². The minimum Gasteiger partial charge on any atom is -0.392 e. The molecule has 1 N–H and O–H groups in total. The number of nitrogens with zero attached hydrogens (tertiary/aromatic N) is 2. The van der Waals surface area contributed by atoms with E-state index >= 15 is 0 Å². The average Bonchev–Trinajstić information content (AvgIpc) is 3.06. The number of hydrogen-bond donors (Lipinski definition) is 1. The quantitative estimate of drug-likeness (QED) is 0.857. The molecule has 5 nitrogen and oxygen atoms in total. The number of piperidine rings is 1. The van der Waals surface area contributed by atoms with Gasteiger partial charge in [0.15, 0.2) is 5.15 Å². The first-order valence-electron chi connectivity index (χ1n) is 8.72. The number of hydrogen-bond acceptors (Lipinski definition) is 4. The third-order valence-corrected chi connectivity index (χ3v) is 5.02. The van der Waals surface area contributed by atoms with Crippen LogP contribution in [0.1, 0.15) is 30.6 Å². The van der Waals surface area contributed by atoms with Crippen molar-refractivity contribution in [3.63, 3.8) is 0 Å². The standard InChI is InChI=1S/C19H23ClN2O3/c20-18-13-16(25-21-18)6-7-19(24)22-10-8-15(9-11-22)17(23)12-14-4-2-1-3-5-14/h1-5,13,15,17,23H,6-12H2/t17-/m1/s1. The van der Waals surface area contributed by atoms with Crippen LogP contribution in [0.4, 0.5) is 0 Å². The maximum absolute atomic E-state index is 12.3. The third kappa shape index (κ3) is 5.06. The number of aliphatic hydroxyl groups is 1. The number of likely N-dealkylation sites (tertiary alicyclic amines) is 1. The first-order valence-corrected chi connectivity index (χ1v) is 9.10. The van der Waals surface area contributed by atoms with Gasteiger partial charge in [0.1, 0.15) is 5.76 Å². The fraction of sp³-hybridized carbons (Fsp3) is 0.474. The summed E-state index contributed by atoms with van der Waals surface area (Å²) in [5, 5.41) is 14.4. The molecule has 0 saturated carbocycles. The highest BCUT2D eigenvalue weighted by molar-refractivity contribution is 6.29. The van der Waals surface area contributed by atoms with Gasteiger partial charge in [0, 0.05) is 32.0 Å². The maximum Gasteiger partial charge on any atom is 0.223 e. The van der Waals surface area contributed by atoms with E-state index < -0.39 is 0 Å². The Labute approximate surface area is 152 Å². The number of carbonyl (C=O) groups excluding carboxylic acids is 1. The van der Waals surface area contributed by atoms with Crippen molar-refractivity contribution in [1.82, 2.24) is 10.1 Å². The summed E-state index contributed by atoms with van der Waals surface area (Å²) in [6.07, 6.45) is 2.90. The molecule has 0 spiro atoms. The molecule has 0 bridgehead atoms. The lowest BCUT2D eigenvalue weighted by Gasteiger charge is -2.34. The predicted octanol–water partition coefficient (Wildman–Crippen LogP) is 3.10. The predicted molar refractivity (Wildman–Crippen MR) is 95.3 cm³/mol. The molecule has 2 heterocycles. The zero-order valence-electron chi connectivity index (χ0n) is 14.1. The van der Waals surface area contributed by atoms with Crippen molar-refractivity contribution in [2.24, 2.45) is 5.92 Å². The van der Waals surface area contributed by atoms with E-state index in [0.29, 0.717) is 43.3 Å². The van der Waals surface area contributed by atoms with Crippen LogP contribution in [0.2, 0.25) is 5.15 Å². The molecule has 1 aromatic carbocycles. The van der Waals surface area contributed by atoms with E-state index in [2.05, 4.69) is 5.16 Å². The van der Waals surface area contributed by atoms with E-state index in [9.17, 15) is 9.90 Å². The highest BCUT2D eigenvalue weighted by Gasteiger charge is 2.27. The summed E-state index contributed by atoms with van der Waals surface area (Å²) in [5.41, 5.74) is 1.15. The topological polar surface area (TPSA) is 66.6 Å². The van der Waals surface area contributed by atoms with Crippen LogP contribution in [0.15, 0.2) is 40.9 Å². The van der Waals surface area contributed by atoms with Crippen LogP contribution in [0.25, 0.3) is 0 Å². The zero-order chi connectivity index (χ0) is 17.6. The first kappa shape index (κ1) is 18.0. The Balaban J connectivity index is 1.42. The Bertz CT molecular complexity index is 681. The lowest BCUT2D eigenvalue weighted by molar-refractivity contribution is -0.133. The fourth-order valence-electron chi connectivity index (χ4n) is 3.35. The number of benzene rings is 1. The van der Waals surface area contributed by atoms with Crippen LogP contribution < -0.4 is 0 Å². The smallest absolute Gasteiger partial charge is 0.223 e. The number of halogens is 1. The fourth-order valence-corrected chi connectivity index (χ4v) is 3.51. The molecule has 2 aromatic rings. The van der Waals surface area contributed by atoms with E-state index in [4.69, 9.17) is 16.1 Å². The van der Waals surface area contributed by atoms with Crippen LogP contribution in [0.5, 0.6) is 0 Å². The van der Waals surface area contributed by atoms with Gasteiger partial charge >= 0.3 is 0 Å². The molecule has 1 atom stereocenters. The SMILES string of the molecule is O=C(CCc1cc(Cl)no1)N1CCC([C@H](O)Cc2ccccc2)CC1. The summed E-state index contributed by atoms with van der Waals surface area (Å²) in [7, 11) is 0. The molecule has 0 radical (unpaired) electrons. The number of carbonyl (C=O) groups is 1. The second-order valence-electron chi connectivity index (χ2n) is 6.59. The average molecular weight is 363 g/mol. The third-order valence-electron chi connectivity index (χ3n) is 4.84. The molecule has 1 saturated heterocycles. The lowest BCUT2D eigenvalue weighted by Crippen LogP contribution is -2.41. The van der Waals surface area contributed by atoms with Gasteiger partial charge in [-0.3, -0.25) is 4.79 Å². The second-order valence-corrected chi connectivity index (χ2v) is 6.98. The van der Waals surface area contributed by atoms with Gasteiger partial charge in [-0.05, 0) is 30.7 Å². The summed E-state index contributed by atoms with van der Waals surface area (Å²) in [5.74, 6) is 0.993. The highest BCUT2D eigenvalue weighted by Crippen LogP contribution is 2.24.